The van der Waals surface area contributed by atoms with Gasteiger partial charge in [-0.05, 0) is 32.1 Å². The van der Waals surface area contributed by atoms with Crippen LogP contribution >= 0.6 is 0 Å². The van der Waals surface area contributed by atoms with Crippen molar-refractivity contribution in [2.45, 2.75) is 45.2 Å². The molecule has 0 saturated heterocycles. The molecule has 0 heterocycles. The molecular formula is C14H27N3O3. The zero-order chi connectivity index (χ0) is 15.1. The molecule has 0 aromatic rings. The molecule has 20 heavy (non-hydrogen) atoms. The van der Waals surface area contributed by atoms with Crippen LogP contribution in [0.5, 0.6) is 0 Å². The van der Waals surface area contributed by atoms with Crippen molar-refractivity contribution in [3.8, 4) is 0 Å². The van der Waals surface area contributed by atoms with Crippen LogP contribution in [0.3, 0.4) is 0 Å². The minimum absolute atomic E-state index is 0.0379. The van der Waals surface area contributed by atoms with Crippen LogP contribution in [0.1, 0.15) is 33.1 Å². The molecule has 6 nitrogen and oxygen atoms in total. The third kappa shape index (κ3) is 5.09. The SMILES string of the molecule is COCCNC(=O)C(C)NC(=O)C1CCC(N)CC1C. The van der Waals surface area contributed by atoms with Crippen LogP contribution in [0.4, 0.5) is 0 Å². The molecule has 1 fully saturated rings. The summed E-state index contributed by atoms with van der Waals surface area (Å²) in [5.74, 6) is 0.000818. The number of nitrogens with two attached hydrogens (primary N) is 1. The lowest BCUT2D eigenvalue weighted by Gasteiger charge is -2.32. The standard InChI is InChI=1S/C14H27N3O3/c1-9-8-11(15)4-5-12(9)14(19)17-10(2)13(18)16-6-7-20-3/h9-12H,4-8,15H2,1-3H3,(H,16,18)(H,17,19). The molecular weight excluding hydrogens is 258 g/mol. The molecule has 4 N–H and O–H groups in total. The average molecular weight is 285 g/mol. The maximum Gasteiger partial charge on any atom is 0.242 e. The van der Waals surface area contributed by atoms with Gasteiger partial charge in [-0.1, -0.05) is 6.92 Å². The van der Waals surface area contributed by atoms with Crippen LogP contribution in [0.2, 0.25) is 0 Å². The summed E-state index contributed by atoms with van der Waals surface area (Å²) in [6.07, 6.45) is 2.54. The Morgan fingerprint density at radius 3 is 2.70 bits per heavy atom. The number of hydrogen-bond donors (Lipinski definition) is 3. The van der Waals surface area contributed by atoms with Gasteiger partial charge in [-0.2, -0.15) is 0 Å². The monoisotopic (exact) mass is 285 g/mol. The molecule has 1 rings (SSSR count). The Morgan fingerprint density at radius 1 is 1.40 bits per heavy atom. The molecule has 116 valence electrons. The number of methoxy groups -OCH3 is 1. The third-order valence-electron chi connectivity index (χ3n) is 3.90. The van der Waals surface area contributed by atoms with Gasteiger partial charge in [0.25, 0.3) is 0 Å². The van der Waals surface area contributed by atoms with Crippen molar-refractivity contribution in [2.75, 3.05) is 20.3 Å². The lowest BCUT2D eigenvalue weighted by atomic mass is 9.77. The van der Waals surface area contributed by atoms with E-state index in [9.17, 15) is 9.59 Å². The Hall–Kier alpha value is -1.14. The second-order valence-electron chi connectivity index (χ2n) is 5.67. The smallest absolute Gasteiger partial charge is 0.242 e. The molecule has 1 aliphatic rings. The summed E-state index contributed by atoms with van der Waals surface area (Å²) in [5.41, 5.74) is 5.90. The second-order valence-corrected chi connectivity index (χ2v) is 5.67. The van der Waals surface area contributed by atoms with Crippen molar-refractivity contribution < 1.29 is 14.3 Å². The lowest BCUT2D eigenvalue weighted by molar-refractivity contribution is -0.132. The number of hydrogen-bond acceptors (Lipinski definition) is 4. The van der Waals surface area contributed by atoms with Crippen molar-refractivity contribution in [2.24, 2.45) is 17.6 Å². The zero-order valence-corrected chi connectivity index (χ0v) is 12.6. The van der Waals surface area contributed by atoms with Gasteiger partial charge in [0.2, 0.25) is 11.8 Å². The van der Waals surface area contributed by atoms with Crippen molar-refractivity contribution in [3.63, 3.8) is 0 Å². The highest BCUT2D eigenvalue weighted by atomic mass is 16.5. The Balaban J connectivity index is 2.39. The summed E-state index contributed by atoms with van der Waals surface area (Å²) >= 11 is 0. The van der Waals surface area contributed by atoms with E-state index in [2.05, 4.69) is 10.6 Å². The quantitative estimate of drug-likeness (QED) is 0.600. The van der Waals surface area contributed by atoms with E-state index in [0.29, 0.717) is 13.2 Å². The van der Waals surface area contributed by atoms with E-state index in [1.165, 1.54) is 0 Å². The van der Waals surface area contributed by atoms with Crippen LogP contribution in [-0.4, -0.2) is 44.2 Å². The van der Waals surface area contributed by atoms with Gasteiger partial charge in [0.05, 0.1) is 6.61 Å². The van der Waals surface area contributed by atoms with Crippen LogP contribution in [-0.2, 0) is 14.3 Å². The van der Waals surface area contributed by atoms with Crippen LogP contribution in [0, 0.1) is 11.8 Å². The molecule has 0 aromatic heterocycles. The van der Waals surface area contributed by atoms with Gasteiger partial charge in [-0.3, -0.25) is 9.59 Å². The van der Waals surface area contributed by atoms with Gasteiger partial charge in [0, 0.05) is 25.6 Å². The van der Waals surface area contributed by atoms with E-state index in [0.717, 1.165) is 19.3 Å². The number of amides is 2. The molecule has 6 heteroatoms. The van der Waals surface area contributed by atoms with Gasteiger partial charge in [-0.15, -0.1) is 0 Å². The minimum atomic E-state index is -0.526. The number of carbonyl (C=O) groups is 2. The van der Waals surface area contributed by atoms with E-state index in [1.54, 1.807) is 14.0 Å². The molecule has 4 atom stereocenters. The Kier molecular flexibility index (Phi) is 6.95. The maximum atomic E-state index is 12.2. The molecule has 1 saturated carbocycles. The normalized spacial score (nSPS) is 27.7. The van der Waals surface area contributed by atoms with Crippen molar-refractivity contribution in [1.82, 2.24) is 10.6 Å². The van der Waals surface area contributed by atoms with Crippen LogP contribution in [0.25, 0.3) is 0 Å². The molecule has 0 aromatic carbocycles. The highest BCUT2D eigenvalue weighted by Crippen LogP contribution is 2.29. The van der Waals surface area contributed by atoms with E-state index in [1.807, 2.05) is 6.92 Å². The lowest BCUT2D eigenvalue weighted by Crippen LogP contribution is -2.49. The topological polar surface area (TPSA) is 93.5 Å². The Bertz CT molecular complexity index is 336. The Labute approximate surface area is 120 Å². The predicted octanol–water partition coefficient (Wildman–Crippen LogP) is 0.0172. The highest BCUT2D eigenvalue weighted by molar-refractivity contribution is 5.88. The molecule has 0 aliphatic heterocycles. The number of carbonyl (C=O) groups excluding carboxylic acids is 2. The first-order valence-corrected chi connectivity index (χ1v) is 7.28. The fraction of sp³-hybridized carbons (Fsp3) is 0.857. The van der Waals surface area contributed by atoms with Gasteiger partial charge < -0.3 is 21.1 Å². The van der Waals surface area contributed by atoms with Gasteiger partial charge in [-0.25, -0.2) is 0 Å². The van der Waals surface area contributed by atoms with Crippen molar-refractivity contribution in [1.29, 1.82) is 0 Å². The summed E-state index contributed by atoms with van der Waals surface area (Å²) in [6, 6.07) is -0.328. The number of nitrogens with one attached hydrogen (secondary N) is 2. The largest absolute Gasteiger partial charge is 0.383 e. The summed E-state index contributed by atoms with van der Waals surface area (Å²) in [5, 5.41) is 5.50. The first-order chi connectivity index (χ1) is 9.45. The molecule has 2 amide bonds. The van der Waals surface area contributed by atoms with Gasteiger partial charge in [0.1, 0.15) is 6.04 Å². The van der Waals surface area contributed by atoms with Crippen molar-refractivity contribution >= 4 is 11.8 Å². The molecule has 4 unspecified atom stereocenters. The van der Waals surface area contributed by atoms with E-state index in [-0.39, 0.29) is 29.7 Å². The molecule has 0 bridgehead atoms. The first kappa shape index (κ1) is 16.9. The fourth-order valence-corrected chi connectivity index (χ4v) is 2.64. The number of rotatable bonds is 6. The first-order valence-electron chi connectivity index (χ1n) is 7.28. The van der Waals surface area contributed by atoms with Gasteiger partial charge in [0.15, 0.2) is 0 Å². The van der Waals surface area contributed by atoms with Crippen LogP contribution < -0.4 is 16.4 Å². The third-order valence-corrected chi connectivity index (χ3v) is 3.90. The second kappa shape index (κ2) is 8.21. The molecule has 0 radical (unpaired) electrons. The minimum Gasteiger partial charge on any atom is -0.383 e. The summed E-state index contributed by atoms with van der Waals surface area (Å²) < 4.78 is 4.86. The molecule has 1 aliphatic carbocycles. The maximum absolute atomic E-state index is 12.2. The molecule has 0 spiro atoms. The predicted molar refractivity (Wildman–Crippen MR) is 77.0 cm³/mol. The van der Waals surface area contributed by atoms with E-state index in [4.69, 9.17) is 10.5 Å². The van der Waals surface area contributed by atoms with E-state index < -0.39 is 6.04 Å². The highest BCUT2D eigenvalue weighted by Gasteiger charge is 2.32. The number of ether oxygens (including phenoxy) is 1. The Morgan fingerprint density at radius 2 is 2.10 bits per heavy atom. The summed E-state index contributed by atoms with van der Waals surface area (Å²) in [7, 11) is 1.58. The fourth-order valence-electron chi connectivity index (χ4n) is 2.64. The van der Waals surface area contributed by atoms with E-state index >= 15 is 0 Å². The zero-order valence-electron chi connectivity index (χ0n) is 12.6. The summed E-state index contributed by atoms with van der Waals surface area (Å²) in [4.78, 5) is 24.0. The van der Waals surface area contributed by atoms with Gasteiger partial charge >= 0.3 is 0 Å². The summed E-state index contributed by atoms with van der Waals surface area (Å²) in [6.45, 7) is 4.65. The van der Waals surface area contributed by atoms with Crippen molar-refractivity contribution in [3.05, 3.63) is 0 Å². The van der Waals surface area contributed by atoms with Crippen LogP contribution in [0.15, 0.2) is 0 Å². The average Bonchev–Trinajstić information content (AvgIpc) is 2.38.